The van der Waals surface area contributed by atoms with Crippen LogP contribution in [0.3, 0.4) is 0 Å². The second kappa shape index (κ2) is 6.54. The van der Waals surface area contributed by atoms with Gasteiger partial charge in [0.25, 0.3) is 0 Å². The van der Waals surface area contributed by atoms with E-state index in [1.807, 2.05) is 38.1 Å². The average Bonchev–Trinajstić information content (AvgIpc) is 2.45. The minimum absolute atomic E-state index is 0.554. The highest BCUT2D eigenvalue weighted by molar-refractivity contribution is 9.10. The molecule has 0 aliphatic heterocycles. The monoisotopic (exact) mass is 346 g/mol. The summed E-state index contributed by atoms with van der Waals surface area (Å²) in [5.41, 5.74) is 3.12. The summed E-state index contributed by atoms with van der Waals surface area (Å²) in [5, 5.41) is 5.19. The van der Waals surface area contributed by atoms with E-state index in [0.29, 0.717) is 11.4 Å². The first-order valence-corrected chi connectivity index (χ1v) is 7.21. The van der Waals surface area contributed by atoms with Crippen molar-refractivity contribution < 1.29 is 9.59 Å². The van der Waals surface area contributed by atoms with E-state index in [4.69, 9.17) is 0 Å². The molecule has 0 aromatic heterocycles. The molecule has 2 N–H and O–H groups in total. The van der Waals surface area contributed by atoms with Gasteiger partial charge in [-0.05, 0) is 59.1 Å². The summed E-state index contributed by atoms with van der Waals surface area (Å²) in [7, 11) is 0. The molecule has 4 nitrogen and oxygen atoms in total. The van der Waals surface area contributed by atoms with Crippen LogP contribution in [-0.4, -0.2) is 11.8 Å². The number of carbonyl (C=O) groups excluding carboxylic acids is 2. The van der Waals surface area contributed by atoms with Gasteiger partial charge in [-0.3, -0.25) is 9.59 Å². The van der Waals surface area contributed by atoms with Gasteiger partial charge >= 0.3 is 11.8 Å². The van der Waals surface area contributed by atoms with E-state index in [-0.39, 0.29) is 0 Å². The van der Waals surface area contributed by atoms with E-state index < -0.39 is 11.8 Å². The molecule has 2 aromatic carbocycles. The summed E-state index contributed by atoms with van der Waals surface area (Å²) in [6.45, 7) is 3.80. The van der Waals surface area contributed by atoms with Crippen molar-refractivity contribution in [1.29, 1.82) is 0 Å². The molecule has 0 bridgehead atoms. The molecule has 0 atom stereocenters. The Morgan fingerprint density at radius 2 is 1.52 bits per heavy atom. The van der Waals surface area contributed by atoms with Gasteiger partial charge < -0.3 is 10.6 Å². The Balaban J connectivity index is 2.08. The van der Waals surface area contributed by atoms with Crippen molar-refractivity contribution >= 4 is 39.1 Å². The normalized spacial score (nSPS) is 10.0. The number of halogens is 1. The molecule has 0 saturated heterocycles. The molecule has 108 valence electrons. The Hall–Kier alpha value is -2.14. The highest BCUT2D eigenvalue weighted by Gasteiger charge is 2.15. The highest BCUT2D eigenvalue weighted by atomic mass is 79.9. The van der Waals surface area contributed by atoms with Crippen molar-refractivity contribution in [3.63, 3.8) is 0 Å². The van der Waals surface area contributed by atoms with Gasteiger partial charge in [0.2, 0.25) is 0 Å². The van der Waals surface area contributed by atoms with Gasteiger partial charge in [0.1, 0.15) is 0 Å². The van der Waals surface area contributed by atoms with E-state index in [9.17, 15) is 9.59 Å². The number of hydrogen-bond donors (Lipinski definition) is 2. The zero-order chi connectivity index (χ0) is 15.4. The van der Waals surface area contributed by atoms with Gasteiger partial charge in [-0.1, -0.05) is 24.3 Å². The van der Waals surface area contributed by atoms with E-state index >= 15 is 0 Å². The Kier molecular flexibility index (Phi) is 4.75. The largest absolute Gasteiger partial charge is 0.318 e. The van der Waals surface area contributed by atoms with Gasteiger partial charge in [0.05, 0.1) is 5.69 Å². The van der Waals surface area contributed by atoms with Crippen molar-refractivity contribution in [2.45, 2.75) is 13.8 Å². The lowest BCUT2D eigenvalue weighted by Gasteiger charge is -2.10. The lowest BCUT2D eigenvalue weighted by atomic mass is 10.1. The van der Waals surface area contributed by atoms with Crippen LogP contribution in [0.5, 0.6) is 0 Å². The molecule has 0 heterocycles. The van der Waals surface area contributed by atoms with Crippen molar-refractivity contribution in [2.24, 2.45) is 0 Å². The van der Waals surface area contributed by atoms with Crippen LogP contribution < -0.4 is 10.6 Å². The molecule has 0 fully saturated rings. The van der Waals surface area contributed by atoms with Crippen LogP contribution >= 0.6 is 15.9 Å². The molecular formula is C16H15BrN2O2. The molecule has 21 heavy (non-hydrogen) atoms. The SMILES string of the molecule is Cc1ccc(C)c(NC(=O)C(=O)Nc2ccccc2Br)c1. The number of nitrogens with one attached hydrogen (secondary N) is 2. The molecule has 0 radical (unpaired) electrons. The van der Waals surface area contributed by atoms with Crippen LogP contribution in [0.15, 0.2) is 46.9 Å². The van der Waals surface area contributed by atoms with Gasteiger partial charge in [0, 0.05) is 10.2 Å². The fraction of sp³-hybridized carbons (Fsp3) is 0.125. The fourth-order valence-corrected chi connectivity index (χ4v) is 2.18. The fourth-order valence-electron chi connectivity index (χ4n) is 1.79. The molecule has 0 aliphatic carbocycles. The second-order valence-corrected chi connectivity index (χ2v) is 5.56. The Morgan fingerprint density at radius 1 is 0.905 bits per heavy atom. The number of aryl methyl sites for hydroxylation is 2. The smallest absolute Gasteiger partial charge is 0.314 e. The number of para-hydroxylation sites is 1. The van der Waals surface area contributed by atoms with Crippen LogP contribution in [0.25, 0.3) is 0 Å². The summed E-state index contributed by atoms with van der Waals surface area (Å²) >= 11 is 3.32. The topological polar surface area (TPSA) is 58.2 Å². The number of benzene rings is 2. The summed E-state index contributed by atoms with van der Waals surface area (Å²) < 4.78 is 0.720. The van der Waals surface area contributed by atoms with Crippen molar-refractivity contribution in [3.05, 3.63) is 58.1 Å². The predicted molar refractivity (Wildman–Crippen MR) is 87.3 cm³/mol. The Bertz CT molecular complexity index is 698. The molecule has 0 spiro atoms. The summed E-state index contributed by atoms with van der Waals surface area (Å²) in [4.78, 5) is 23.9. The molecular weight excluding hydrogens is 332 g/mol. The maximum Gasteiger partial charge on any atom is 0.314 e. The summed E-state index contributed by atoms with van der Waals surface area (Å²) in [5.74, 6) is -1.40. The third kappa shape index (κ3) is 3.92. The van der Waals surface area contributed by atoms with E-state index in [1.54, 1.807) is 18.2 Å². The van der Waals surface area contributed by atoms with Crippen molar-refractivity contribution in [1.82, 2.24) is 0 Å². The Labute approximate surface area is 131 Å². The van der Waals surface area contributed by atoms with Gasteiger partial charge in [-0.2, -0.15) is 0 Å². The predicted octanol–water partition coefficient (Wildman–Crippen LogP) is 3.64. The maximum absolute atomic E-state index is 12.0. The van der Waals surface area contributed by atoms with Crippen LogP contribution in [0, 0.1) is 13.8 Å². The van der Waals surface area contributed by atoms with Crippen LogP contribution in [0.4, 0.5) is 11.4 Å². The summed E-state index contributed by atoms with van der Waals surface area (Å²) in [6.07, 6.45) is 0. The molecule has 0 saturated carbocycles. The lowest BCUT2D eigenvalue weighted by molar-refractivity contribution is -0.133. The number of anilines is 2. The minimum Gasteiger partial charge on any atom is -0.318 e. The zero-order valence-electron chi connectivity index (χ0n) is 11.7. The first-order valence-electron chi connectivity index (χ1n) is 6.41. The summed E-state index contributed by atoms with van der Waals surface area (Å²) in [6, 6.07) is 12.8. The number of amides is 2. The Morgan fingerprint density at radius 3 is 2.19 bits per heavy atom. The molecule has 5 heteroatoms. The van der Waals surface area contributed by atoms with E-state index in [2.05, 4.69) is 26.6 Å². The minimum atomic E-state index is -0.706. The first kappa shape index (κ1) is 15.3. The quantitative estimate of drug-likeness (QED) is 0.815. The van der Waals surface area contributed by atoms with Crippen LogP contribution in [0.1, 0.15) is 11.1 Å². The number of rotatable bonds is 2. The molecule has 2 amide bonds. The molecule has 0 unspecified atom stereocenters. The third-order valence-electron chi connectivity index (χ3n) is 2.97. The first-order chi connectivity index (χ1) is 9.97. The average molecular weight is 347 g/mol. The maximum atomic E-state index is 12.0. The molecule has 2 aromatic rings. The van der Waals surface area contributed by atoms with E-state index in [0.717, 1.165) is 15.6 Å². The van der Waals surface area contributed by atoms with Gasteiger partial charge in [0.15, 0.2) is 0 Å². The third-order valence-corrected chi connectivity index (χ3v) is 3.66. The van der Waals surface area contributed by atoms with E-state index in [1.165, 1.54) is 0 Å². The van der Waals surface area contributed by atoms with Crippen molar-refractivity contribution in [2.75, 3.05) is 10.6 Å². The highest BCUT2D eigenvalue weighted by Crippen LogP contribution is 2.21. The van der Waals surface area contributed by atoms with Crippen molar-refractivity contribution in [3.8, 4) is 0 Å². The molecule has 0 aliphatic rings. The van der Waals surface area contributed by atoms with Gasteiger partial charge in [-0.25, -0.2) is 0 Å². The molecule has 2 rings (SSSR count). The number of hydrogen-bond acceptors (Lipinski definition) is 2. The second-order valence-electron chi connectivity index (χ2n) is 4.71. The lowest BCUT2D eigenvalue weighted by Crippen LogP contribution is -2.29. The number of carbonyl (C=O) groups is 2. The van der Waals surface area contributed by atoms with Crippen LogP contribution in [0.2, 0.25) is 0 Å². The standard InChI is InChI=1S/C16H15BrN2O2/c1-10-7-8-11(2)14(9-10)19-16(21)15(20)18-13-6-4-3-5-12(13)17/h3-9H,1-2H3,(H,18,20)(H,19,21). The van der Waals surface area contributed by atoms with Crippen LogP contribution in [-0.2, 0) is 9.59 Å². The van der Waals surface area contributed by atoms with Gasteiger partial charge in [-0.15, -0.1) is 0 Å². The zero-order valence-corrected chi connectivity index (χ0v) is 13.3.